The number of H-pyrrole nitrogens is 1. The summed E-state index contributed by atoms with van der Waals surface area (Å²) in [7, 11) is -4.22. The van der Waals surface area contributed by atoms with Crippen LogP contribution in [0.2, 0.25) is 10.0 Å². The first-order chi connectivity index (χ1) is 17.0. The Labute approximate surface area is 214 Å². The Morgan fingerprint density at radius 1 is 1.06 bits per heavy atom. The molecule has 10 nitrogen and oxygen atoms in total. The first-order valence-corrected chi connectivity index (χ1v) is 12.5. The molecule has 5 N–H and O–H groups in total. The highest BCUT2D eigenvalue weighted by Gasteiger charge is 2.24. The molecule has 1 heterocycles. The lowest BCUT2D eigenvalue weighted by Crippen LogP contribution is -2.30. The topological polar surface area (TPSA) is 168 Å². The summed E-state index contributed by atoms with van der Waals surface area (Å²) in [6.07, 6.45) is -1.52. The molecule has 0 spiro atoms. The molecule has 0 fully saturated rings. The Kier molecular flexibility index (Phi) is 7.20. The predicted octanol–water partition coefficient (Wildman–Crippen LogP) is 2.75. The fourth-order valence-electron chi connectivity index (χ4n) is 3.35. The molecule has 1 amide bonds. The number of aromatic amines is 1. The maximum absolute atomic E-state index is 12.9. The molecule has 0 aliphatic carbocycles. The van der Waals surface area contributed by atoms with Crippen molar-refractivity contribution >= 4 is 55.9 Å². The van der Waals surface area contributed by atoms with E-state index in [1.54, 1.807) is 12.1 Å². The molecular formula is C23H17Cl2N5O5S. The monoisotopic (exact) mass is 545 g/mol. The largest absolute Gasteiger partial charge is 0.382 e. The molecule has 0 radical (unpaired) electrons. The zero-order valence-electron chi connectivity index (χ0n) is 18.1. The molecule has 0 aliphatic rings. The van der Waals surface area contributed by atoms with Crippen molar-refractivity contribution in [2.75, 3.05) is 0 Å². The minimum atomic E-state index is -4.22. The number of nitrogens with one attached hydrogen (secondary N) is 2. The van der Waals surface area contributed by atoms with Crippen LogP contribution in [0.25, 0.3) is 11.0 Å². The number of aliphatic hydroxyl groups is 1. The number of aromatic nitrogens is 2. The smallest absolute Gasteiger partial charge is 0.276 e. The second-order valence-corrected chi connectivity index (χ2v) is 9.91. The van der Waals surface area contributed by atoms with Gasteiger partial charge in [-0.1, -0.05) is 47.5 Å². The summed E-state index contributed by atoms with van der Waals surface area (Å²) in [6.45, 7) is 0. The zero-order chi connectivity index (χ0) is 26.0. The van der Waals surface area contributed by atoms with Crippen molar-refractivity contribution < 1.29 is 18.3 Å². The van der Waals surface area contributed by atoms with E-state index < -0.39 is 32.5 Å². The number of hydrazone groups is 1. The maximum Gasteiger partial charge on any atom is 0.276 e. The molecule has 184 valence electrons. The number of primary sulfonamides is 1. The second kappa shape index (κ2) is 10.2. The number of benzene rings is 3. The van der Waals surface area contributed by atoms with E-state index in [1.165, 1.54) is 48.5 Å². The minimum absolute atomic E-state index is 0.279. The van der Waals surface area contributed by atoms with Gasteiger partial charge >= 0.3 is 0 Å². The van der Waals surface area contributed by atoms with E-state index in [2.05, 4.69) is 20.5 Å². The number of nitrogens with zero attached hydrogens (tertiary/aromatic N) is 2. The van der Waals surface area contributed by atoms with Gasteiger partial charge in [0.05, 0.1) is 21.5 Å². The van der Waals surface area contributed by atoms with Gasteiger partial charge in [0.25, 0.3) is 11.5 Å². The third-order valence-corrected chi connectivity index (χ3v) is 6.51. The van der Waals surface area contributed by atoms with Gasteiger partial charge in [0.2, 0.25) is 10.0 Å². The van der Waals surface area contributed by atoms with Gasteiger partial charge in [0.1, 0.15) is 11.8 Å². The van der Waals surface area contributed by atoms with Crippen molar-refractivity contribution in [3.8, 4) is 0 Å². The van der Waals surface area contributed by atoms with Crippen LogP contribution in [0.1, 0.15) is 27.7 Å². The quantitative estimate of drug-likeness (QED) is 0.214. The van der Waals surface area contributed by atoms with E-state index in [0.717, 1.165) is 6.07 Å². The average Bonchev–Trinajstić information content (AvgIpc) is 2.84. The van der Waals surface area contributed by atoms with Crippen molar-refractivity contribution in [2.24, 2.45) is 10.2 Å². The fourth-order valence-corrected chi connectivity index (χ4v) is 4.39. The van der Waals surface area contributed by atoms with Crippen LogP contribution in [-0.4, -0.2) is 35.1 Å². The number of carbonyl (C=O) groups is 1. The molecule has 13 heteroatoms. The molecule has 0 aliphatic heterocycles. The highest BCUT2D eigenvalue weighted by Crippen LogP contribution is 2.21. The molecule has 0 saturated carbocycles. The van der Waals surface area contributed by atoms with Gasteiger partial charge in [0.15, 0.2) is 5.69 Å². The summed E-state index contributed by atoms with van der Waals surface area (Å²) in [6, 6.07) is 16.0. The number of halogens is 2. The van der Waals surface area contributed by atoms with Gasteiger partial charge in [-0.2, -0.15) is 5.10 Å². The molecule has 1 atom stereocenters. The summed E-state index contributed by atoms with van der Waals surface area (Å²) >= 11 is 11.9. The number of rotatable bonds is 6. The average molecular weight is 546 g/mol. The van der Waals surface area contributed by atoms with Gasteiger partial charge in [-0.05, 0) is 48.0 Å². The lowest BCUT2D eigenvalue weighted by atomic mass is 10.0. The minimum Gasteiger partial charge on any atom is -0.382 e. The van der Waals surface area contributed by atoms with Crippen LogP contribution in [0.4, 0.5) is 0 Å². The number of aliphatic hydroxyl groups excluding tert-OH is 1. The molecule has 0 bridgehead atoms. The van der Waals surface area contributed by atoms with Crippen LogP contribution in [0, 0.1) is 0 Å². The highest BCUT2D eigenvalue weighted by atomic mass is 35.5. The second-order valence-electron chi connectivity index (χ2n) is 7.51. The standard InChI is InChI=1S/C23H17Cl2N5O5S/c24-13-7-5-12(6-8-13)21(31)19(20-23(33)28-17-11-14(25)9-10-16(17)27-20)29-30-22(32)15-3-1-2-4-18(15)36(26,34)35/h1-11,21,31H,(H,28,33)(H,30,32)(H2,26,34,35)/b29-19+/t21-/m1/s1. The SMILES string of the molecule is NS(=O)(=O)c1ccccc1C(=O)N/N=C(\c1nc2ccc(Cl)cc2[nH]c1=O)[C@H](O)c1ccc(Cl)cc1. The number of fused-ring (bicyclic) bond motifs is 1. The molecule has 36 heavy (non-hydrogen) atoms. The third kappa shape index (κ3) is 5.45. The third-order valence-electron chi connectivity index (χ3n) is 5.06. The van der Waals surface area contributed by atoms with Crippen LogP contribution < -0.4 is 16.1 Å². The molecular weight excluding hydrogens is 529 g/mol. The lowest BCUT2D eigenvalue weighted by Gasteiger charge is -2.15. The maximum atomic E-state index is 12.9. The van der Waals surface area contributed by atoms with E-state index in [4.69, 9.17) is 28.3 Å². The molecule has 4 aromatic rings. The van der Waals surface area contributed by atoms with Crippen molar-refractivity contribution in [2.45, 2.75) is 11.0 Å². The number of carbonyl (C=O) groups excluding carboxylic acids is 1. The summed E-state index contributed by atoms with van der Waals surface area (Å²) in [5, 5.41) is 21.0. The summed E-state index contributed by atoms with van der Waals surface area (Å²) < 4.78 is 23.8. The fraction of sp³-hybridized carbons (Fsp3) is 0.0435. The summed E-state index contributed by atoms with van der Waals surface area (Å²) in [5.41, 5.74) is 1.60. The number of amides is 1. The van der Waals surface area contributed by atoms with Crippen LogP contribution in [0.5, 0.6) is 0 Å². The summed E-state index contributed by atoms with van der Waals surface area (Å²) in [5.74, 6) is -0.940. The van der Waals surface area contributed by atoms with Crippen LogP contribution in [0.3, 0.4) is 0 Å². The van der Waals surface area contributed by atoms with Gasteiger partial charge in [-0.3, -0.25) is 9.59 Å². The van der Waals surface area contributed by atoms with Gasteiger partial charge in [0, 0.05) is 10.0 Å². The van der Waals surface area contributed by atoms with E-state index in [1.807, 2.05) is 0 Å². The van der Waals surface area contributed by atoms with Crippen molar-refractivity contribution in [3.05, 3.63) is 104 Å². The number of sulfonamides is 1. The lowest BCUT2D eigenvalue weighted by molar-refractivity contribution is 0.0951. The van der Waals surface area contributed by atoms with Crippen LogP contribution in [-0.2, 0) is 10.0 Å². The Morgan fingerprint density at radius 3 is 2.42 bits per heavy atom. The van der Waals surface area contributed by atoms with Crippen molar-refractivity contribution in [3.63, 3.8) is 0 Å². The van der Waals surface area contributed by atoms with Gasteiger partial charge in [-0.15, -0.1) is 0 Å². The Hall–Kier alpha value is -3.61. The van der Waals surface area contributed by atoms with E-state index in [-0.39, 0.29) is 17.0 Å². The number of hydrogen-bond acceptors (Lipinski definition) is 7. The van der Waals surface area contributed by atoms with Crippen LogP contribution in [0.15, 0.2) is 81.5 Å². The molecule has 0 unspecified atom stereocenters. The first-order valence-electron chi connectivity index (χ1n) is 10.2. The molecule has 0 saturated heterocycles. The van der Waals surface area contributed by atoms with E-state index in [0.29, 0.717) is 26.6 Å². The molecule has 3 aromatic carbocycles. The summed E-state index contributed by atoms with van der Waals surface area (Å²) in [4.78, 5) is 32.2. The van der Waals surface area contributed by atoms with Crippen molar-refractivity contribution in [1.82, 2.24) is 15.4 Å². The molecule has 1 aromatic heterocycles. The van der Waals surface area contributed by atoms with Crippen LogP contribution >= 0.6 is 23.2 Å². The number of hydrogen-bond donors (Lipinski definition) is 4. The van der Waals surface area contributed by atoms with Gasteiger partial charge < -0.3 is 10.1 Å². The van der Waals surface area contributed by atoms with Crippen molar-refractivity contribution in [1.29, 1.82) is 0 Å². The Morgan fingerprint density at radius 2 is 1.72 bits per heavy atom. The first kappa shape index (κ1) is 25.5. The molecule has 4 rings (SSSR count). The van der Waals surface area contributed by atoms with E-state index in [9.17, 15) is 23.1 Å². The van der Waals surface area contributed by atoms with E-state index >= 15 is 0 Å². The van der Waals surface area contributed by atoms with Gasteiger partial charge in [-0.25, -0.2) is 24.0 Å². The predicted molar refractivity (Wildman–Crippen MR) is 136 cm³/mol. The Bertz CT molecular complexity index is 1670. The highest BCUT2D eigenvalue weighted by molar-refractivity contribution is 7.89. The zero-order valence-corrected chi connectivity index (χ0v) is 20.5. The number of nitrogens with two attached hydrogens (primary N) is 1. The normalized spacial score (nSPS) is 12.9. The Balaban J connectivity index is 1.82.